The van der Waals surface area contributed by atoms with E-state index in [1.807, 2.05) is 4.90 Å². The van der Waals surface area contributed by atoms with E-state index in [-0.39, 0.29) is 17.7 Å². The van der Waals surface area contributed by atoms with E-state index in [2.05, 4.69) is 4.90 Å². The van der Waals surface area contributed by atoms with Gasteiger partial charge in [0.1, 0.15) is 0 Å². The van der Waals surface area contributed by atoms with E-state index in [1.54, 1.807) is 19.0 Å². The van der Waals surface area contributed by atoms with E-state index < -0.39 is 0 Å². The Bertz CT molecular complexity index is 354. The van der Waals surface area contributed by atoms with Crippen LogP contribution in [0.3, 0.4) is 0 Å². The number of hydrogen-bond donors (Lipinski definition) is 0. The van der Waals surface area contributed by atoms with E-state index in [4.69, 9.17) is 4.74 Å². The molecule has 0 spiro atoms. The number of piperidine rings is 1. The van der Waals surface area contributed by atoms with Crippen LogP contribution in [0.15, 0.2) is 0 Å². The Morgan fingerprint density at radius 1 is 1.20 bits per heavy atom. The molecule has 1 unspecified atom stereocenters. The molecule has 20 heavy (non-hydrogen) atoms. The summed E-state index contributed by atoms with van der Waals surface area (Å²) in [4.78, 5) is 29.8. The molecule has 2 saturated heterocycles. The van der Waals surface area contributed by atoms with Crippen molar-refractivity contribution in [1.82, 2.24) is 14.7 Å². The zero-order chi connectivity index (χ0) is 14.5. The first-order chi connectivity index (χ1) is 9.58. The second kappa shape index (κ2) is 7.04. The summed E-state index contributed by atoms with van der Waals surface area (Å²) >= 11 is 0. The first kappa shape index (κ1) is 15.3. The number of ether oxygens (including phenoxy) is 1. The third-order valence-corrected chi connectivity index (χ3v) is 4.04. The van der Waals surface area contributed by atoms with Crippen LogP contribution in [0.1, 0.15) is 12.8 Å². The number of carbonyl (C=O) groups is 2. The van der Waals surface area contributed by atoms with E-state index in [0.29, 0.717) is 39.4 Å². The summed E-state index contributed by atoms with van der Waals surface area (Å²) in [5.41, 5.74) is 0. The highest BCUT2D eigenvalue weighted by molar-refractivity contribution is 5.80. The molecule has 2 amide bonds. The number of amides is 2. The van der Waals surface area contributed by atoms with Gasteiger partial charge in [0.2, 0.25) is 11.8 Å². The van der Waals surface area contributed by atoms with Crippen molar-refractivity contribution >= 4 is 11.8 Å². The van der Waals surface area contributed by atoms with Gasteiger partial charge >= 0.3 is 0 Å². The van der Waals surface area contributed by atoms with E-state index in [1.165, 1.54) is 0 Å². The van der Waals surface area contributed by atoms with Crippen molar-refractivity contribution in [2.45, 2.75) is 12.8 Å². The van der Waals surface area contributed by atoms with E-state index in [0.717, 1.165) is 19.4 Å². The zero-order valence-corrected chi connectivity index (χ0v) is 12.5. The molecule has 1 atom stereocenters. The number of nitrogens with zero attached hydrogens (tertiary/aromatic N) is 3. The topological polar surface area (TPSA) is 53.1 Å². The van der Waals surface area contributed by atoms with Crippen LogP contribution in [-0.2, 0) is 14.3 Å². The first-order valence-corrected chi connectivity index (χ1v) is 7.37. The molecule has 6 nitrogen and oxygen atoms in total. The normalized spacial score (nSPS) is 24.5. The molecule has 0 saturated carbocycles. The molecular formula is C14H25N3O3. The van der Waals surface area contributed by atoms with Gasteiger partial charge in [0, 0.05) is 33.7 Å². The molecule has 0 aromatic heterocycles. The summed E-state index contributed by atoms with van der Waals surface area (Å²) in [7, 11) is 3.53. The Labute approximate surface area is 120 Å². The van der Waals surface area contributed by atoms with Crippen molar-refractivity contribution in [2.75, 3.05) is 60.0 Å². The molecule has 0 aromatic carbocycles. The van der Waals surface area contributed by atoms with Gasteiger partial charge in [-0.3, -0.25) is 14.5 Å². The molecule has 114 valence electrons. The van der Waals surface area contributed by atoms with Crippen LogP contribution >= 0.6 is 0 Å². The zero-order valence-electron chi connectivity index (χ0n) is 12.5. The fraction of sp³-hybridized carbons (Fsp3) is 0.857. The minimum Gasteiger partial charge on any atom is -0.378 e. The van der Waals surface area contributed by atoms with Crippen LogP contribution in [0.5, 0.6) is 0 Å². The van der Waals surface area contributed by atoms with Crippen LogP contribution in [0.25, 0.3) is 0 Å². The van der Waals surface area contributed by atoms with E-state index in [9.17, 15) is 9.59 Å². The average Bonchev–Trinajstić information content (AvgIpc) is 2.47. The Kier molecular flexibility index (Phi) is 5.37. The highest BCUT2D eigenvalue weighted by Gasteiger charge is 2.30. The standard InChI is InChI=1S/C14H25N3O3/c1-15(2)13(18)11-16-5-3-4-12(10-16)14(19)17-6-8-20-9-7-17/h12H,3-11H2,1-2H3. The largest absolute Gasteiger partial charge is 0.378 e. The van der Waals surface area contributed by atoms with E-state index >= 15 is 0 Å². The highest BCUT2D eigenvalue weighted by Crippen LogP contribution is 2.19. The summed E-state index contributed by atoms with van der Waals surface area (Å²) < 4.78 is 5.28. The number of likely N-dealkylation sites (N-methyl/N-ethyl adjacent to an activating group) is 1. The molecular weight excluding hydrogens is 258 g/mol. The molecule has 2 heterocycles. The van der Waals surface area contributed by atoms with Gasteiger partial charge in [-0.2, -0.15) is 0 Å². The van der Waals surface area contributed by atoms with Crippen molar-refractivity contribution < 1.29 is 14.3 Å². The van der Waals surface area contributed by atoms with Crippen molar-refractivity contribution in [2.24, 2.45) is 5.92 Å². The van der Waals surface area contributed by atoms with Gasteiger partial charge in [0.05, 0.1) is 25.7 Å². The minimum atomic E-state index is 0.0387. The summed E-state index contributed by atoms with van der Waals surface area (Å²) in [5.74, 6) is 0.372. The smallest absolute Gasteiger partial charge is 0.236 e. The lowest BCUT2D eigenvalue weighted by molar-refractivity contribution is -0.142. The molecule has 2 fully saturated rings. The van der Waals surface area contributed by atoms with Crippen molar-refractivity contribution in [3.05, 3.63) is 0 Å². The van der Waals surface area contributed by atoms with Crippen LogP contribution < -0.4 is 0 Å². The number of hydrogen-bond acceptors (Lipinski definition) is 4. The van der Waals surface area contributed by atoms with Crippen LogP contribution in [-0.4, -0.2) is 86.5 Å². The maximum Gasteiger partial charge on any atom is 0.236 e. The predicted octanol–water partition coefficient (Wildman–Crippen LogP) is -0.355. The summed E-state index contributed by atoms with van der Waals surface area (Å²) in [6, 6.07) is 0. The van der Waals surface area contributed by atoms with Gasteiger partial charge in [-0.15, -0.1) is 0 Å². The quantitative estimate of drug-likeness (QED) is 0.710. The predicted molar refractivity (Wildman–Crippen MR) is 75.3 cm³/mol. The molecule has 0 aliphatic carbocycles. The lowest BCUT2D eigenvalue weighted by Gasteiger charge is -2.36. The molecule has 6 heteroatoms. The van der Waals surface area contributed by atoms with Crippen molar-refractivity contribution in [1.29, 1.82) is 0 Å². The van der Waals surface area contributed by atoms with Gasteiger partial charge in [-0.1, -0.05) is 0 Å². The third-order valence-electron chi connectivity index (χ3n) is 4.04. The number of carbonyl (C=O) groups excluding carboxylic acids is 2. The second-order valence-electron chi connectivity index (χ2n) is 5.80. The average molecular weight is 283 g/mol. The highest BCUT2D eigenvalue weighted by atomic mass is 16.5. The molecule has 0 N–H and O–H groups in total. The molecule has 0 bridgehead atoms. The summed E-state index contributed by atoms with van der Waals surface area (Å²) in [6.07, 6.45) is 1.92. The number of morpholine rings is 1. The molecule has 2 rings (SSSR count). The molecule has 0 aromatic rings. The molecule has 0 radical (unpaired) electrons. The fourth-order valence-corrected chi connectivity index (χ4v) is 2.78. The Morgan fingerprint density at radius 2 is 1.90 bits per heavy atom. The van der Waals surface area contributed by atoms with Crippen molar-refractivity contribution in [3.63, 3.8) is 0 Å². The Hall–Kier alpha value is -1.14. The van der Waals surface area contributed by atoms with Crippen LogP contribution in [0, 0.1) is 5.92 Å². The lowest BCUT2D eigenvalue weighted by Crippen LogP contribution is -2.49. The van der Waals surface area contributed by atoms with Crippen LogP contribution in [0.4, 0.5) is 0 Å². The van der Waals surface area contributed by atoms with Crippen molar-refractivity contribution in [3.8, 4) is 0 Å². The maximum atomic E-state index is 12.5. The van der Waals surface area contributed by atoms with Gasteiger partial charge in [-0.25, -0.2) is 0 Å². The monoisotopic (exact) mass is 283 g/mol. The Morgan fingerprint density at radius 3 is 2.55 bits per heavy atom. The summed E-state index contributed by atoms with van der Waals surface area (Å²) in [5, 5.41) is 0. The Balaban J connectivity index is 1.86. The number of likely N-dealkylation sites (tertiary alicyclic amines) is 1. The van der Waals surface area contributed by atoms with Crippen LogP contribution in [0.2, 0.25) is 0 Å². The van der Waals surface area contributed by atoms with Gasteiger partial charge in [0.15, 0.2) is 0 Å². The minimum absolute atomic E-state index is 0.0387. The molecule has 2 aliphatic heterocycles. The van der Waals surface area contributed by atoms with Gasteiger partial charge in [0.25, 0.3) is 0 Å². The number of rotatable bonds is 3. The second-order valence-corrected chi connectivity index (χ2v) is 5.80. The maximum absolute atomic E-state index is 12.5. The fourth-order valence-electron chi connectivity index (χ4n) is 2.78. The van der Waals surface area contributed by atoms with Gasteiger partial charge in [-0.05, 0) is 19.4 Å². The summed E-state index contributed by atoms with van der Waals surface area (Å²) in [6.45, 7) is 4.71. The lowest BCUT2D eigenvalue weighted by atomic mass is 9.96. The SMILES string of the molecule is CN(C)C(=O)CN1CCCC(C(=O)N2CCOCC2)C1. The first-order valence-electron chi connectivity index (χ1n) is 7.37. The molecule has 2 aliphatic rings. The third kappa shape index (κ3) is 3.93. The van der Waals surface area contributed by atoms with Gasteiger partial charge < -0.3 is 14.5 Å².